The molecule has 1 saturated heterocycles. The van der Waals surface area contributed by atoms with E-state index in [2.05, 4.69) is 34.5 Å². The summed E-state index contributed by atoms with van der Waals surface area (Å²) in [5.41, 5.74) is 4.29. The molecule has 4 rings (SSSR count). The van der Waals surface area contributed by atoms with Crippen LogP contribution in [0, 0.1) is 0 Å². The number of benzene rings is 2. The number of H-pyrrole nitrogens is 1. The molecule has 2 aromatic carbocycles. The van der Waals surface area contributed by atoms with Crippen molar-refractivity contribution in [3.63, 3.8) is 0 Å². The summed E-state index contributed by atoms with van der Waals surface area (Å²) in [6.45, 7) is 4.20. The monoisotopic (exact) mass is 403 g/mol. The number of fused-ring (bicyclic) bond motifs is 1. The molecule has 1 aromatic heterocycles. The van der Waals surface area contributed by atoms with Gasteiger partial charge in [0.2, 0.25) is 0 Å². The lowest BCUT2D eigenvalue weighted by Gasteiger charge is -2.28. The van der Waals surface area contributed by atoms with E-state index in [1.165, 1.54) is 10.9 Å². The maximum atomic E-state index is 12.8. The van der Waals surface area contributed by atoms with Gasteiger partial charge in [0.05, 0.1) is 0 Å². The number of aromatic amines is 1. The van der Waals surface area contributed by atoms with E-state index in [0.29, 0.717) is 23.5 Å². The van der Waals surface area contributed by atoms with Crippen LogP contribution in [0.5, 0.6) is 0 Å². The van der Waals surface area contributed by atoms with Crippen LogP contribution in [0.1, 0.15) is 64.8 Å². The summed E-state index contributed by atoms with van der Waals surface area (Å²) in [7, 11) is 2.17. The van der Waals surface area contributed by atoms with Crippen molar-refractivity contribution in [2.75, 3.05) is 25.5 Å². The number of carbonyl (C=O) groups is 2. The van der Waals surface area contributed by atoms with Crippen molar-refractivity contribution < 1.29 is 9.59 Å². The zero-order chi connectivity index (χ0) is 21.1. The third-order valence-corrected chi connectivity index (χ3v) is 6.05. The van der Waals surface area contributed by atoms with Gasteiger partial charge in [-0.05, 0) is 81.2 Å². The van der Waals surface area contributed by atoms with E-state index in [1.807, 2.05) is 19.1 Å². The lowest BCUT2D eigenvalue weighted by atomic mass is 9.89. The van der Waals surface area contributed by atoms with Gasteiger partial charge in [0.1, 0.15) is 0 Å². The van der Waals surface area contributed by atoms with E-state index in [-0.39, 0.29) is 11.7 Å². The second kappa shape index (κ2) is 8.84. The number of aromatic nitrogens is 1. The molecule has 5 heteroatoms. The van der Waals surface area contributed by atoms with Crippen molar-refractivity contribution in [2.45, 2.75) is 38.5 Å². The fraction of sp³-hybridized carbons (Fsp3) is 0.360. The zero-order valence-electron chi connectivity index (χ0n) is 17.7. The molecule has 0 aliphatic carbocycles. The number of anilines is 1. The molecule has 0 saturated carbocycles. The zero-order valence-corrected chi connectivity index (χ0v) is 17.7. The van der Waals surface area contributed by atoms with Crippen LogP contribution in [0.2, 0.25) is 0 Å². The average molecular weight is 404 g/mol. The minimum absolute atomic E-state index is 0.0728. The fourth-order valence-electron chi connectivity index (χ4n) is 4.29. The summed E-state index contributed by atoms with van der Waals surface area (Å²) in [6, 6.07) is 13.0. The number of likely N-dealkylation sites (tertiary alicyclic amines) is 1. The third-order valence-electron chi connectivity index (χ3n) is 6.05. The van der Waals surface area contributed by atoms with Crippen molar-refractivity contribution >= 4 is 28.3 Å². The molecule has 0 unspecified atom stereocenters. The Kier molecular flexibility index (Phi) is 6.00. The van der Waals surface area contributed by atoms with Crippen LogP contribution in [-0.4, -0.2) is 41.7 Å². The number of ketones is 1. The molecule has 2 N–H and O–H groups in total. The highest BCUT2D eigenvalue weighted by atomic mass is 16.1. The summed E-state index contributed by atoms with van der Waals surface area (Å²) in [5.74, 6) is 0.419. The highest BCUT2D eigenvalue weighted by Crippen LogP contribution is 2.34. The lowest BCUT2D eigenvalue weighted by molar-refractivity contribution is 0.0981. The standard InChI is InChI=1S/C25H29N3O2/c1-3-5-24(29)18-6-4-7-19(14-18)25(30)27-20-8-9-23-21(15-20)22(16-26-23)17-10-12-28(2)13-11-17/h4,6-9,14-17,26H,3,5,10-13H2,1-2H3,(H,27,30). The predicted molar refractivity (Wildman–Crippen MR) is 121 cm³/mol. The number of carbonyl (C=O) groups excluding carboxylic acids is 2. The maximum absolute atomic E-state index is 12.8. The van der Waals surface area contributed by atoms with E-state index in [1.54, 1.807) is 24.3 Å². The Morgan fingerprint density at radius 2 is 1.87 bits per heavy atom. The first-order valence-corrected chi connectivity index (χ1v) is 10.8. The normalized spacial score (nSPS) is 15.4. The van der Waals surface area contributed by atoms with E-state index in [0.717, 1.165) is 43.6 Å². The number of rotatable bonds is 6. The highest BCUT2D eigenvalue weighted by Gasteiger charge is 2.21. The first-order chi connectivity index (χ1) is 14.5. The average Bonchev–Trinajstić information content (AvgIpc) is 3.18. The van der Waals surface area contributed by atoms with Gasteiger partial charge in [0, 0.05) is 40.3 Å². The quantitative estimate of drug-likeness (QED) is 0.555. The Morgan fingerprint density at radius 1 is 1.10 bits per heavy atom. The molecule has 0 bridgehead atoms. The molecule has 0 atom stereocenters. The molecule has 156 valence electrons. The SMILES string of the molecule is CCCC(=O)c1cccc(C(=O)Nc2ccc3[nH]cc(C4CCN(C)CC4)c3c2)c1. The Hall–Kier alpha value is -2.92. The van der Waals surface area contributed by atoms with Crippen LogP contribution < -0.4 is 5.32 Å². The minimum Gasteiger partial charge on any atom is -0.361 e. The van der Waals surface area contributed by atoms with Crippen LogP contribution in [0.4, 0.5) is 5.69 Å². The topological polar surface area (TPSA) is 65.2 Å². The van der Waals surface area contributed by atoms with E-state index in [9.17, 15) is 9.59 Å². The Bertz CT molecular complexity index is 1060. The summed E-state index contributed by atoms with van der Waals surface area (Å²) < 4.78 is 0. The molecule has 1 aliphatic rings. The van der Waals surface area contributed by atoms with Crippen LogP contribution in [0.3, 0.4) is 0 Å². The van der Waals surface area contributed by atoms with Gasteiger partial charge < -0.3 is 15.2 Å². The third kappa shape index (κ3) is 4.31. The van der Waals surface area contributed by atoms with E-state index >= 15 is 0 Å². The van der Waals surface area contributed by atoms with Crippen LogP contribution in [0.25, 0.3) is 10.9 Å². The van der Waals surface area contributed by atoms with Gasteiger partial charge >= 0.3 is 0 Å². The first kappa shape index (κ1) is 20.4. The summed E-state index contributed by atoms with van der Waals surface area (Å²) >= 11 is 0. The van der Waals surface area contributed by atoms with Gasteiger partial charge in [0.15, 0.2) is 5.78 Å². The van der Waals surface area contributed by atoms with Crippen molar-refractivity contribution in [3.05, 3.63) is 65.4 Å². The van der Waals surface area contributed by atoms with Crippen LogP contribution >= 0.6 is 0 Å². The summed E-state index contributed by atoms with van der Waals surface area (Å²) in [4.78, 5) is 30.7. The molecule has 1 amide bonds. The van der Waals surface area contributed by atoms with Gasteiger partial charge in [-0.1, -0.05) is 19.1 Å². The van der Waals surface area contributed by atoms with Crippen molar-refractivity contribution in [3.8, 4) is 0 Å². The fourth-order valence-corrected chi connectivity index (χ4v) is 4.29. The number of hydrogen-bond donors (Lipinski definition) is 2. The molecule has 1 fully saturated rings. The molecule has 2 heterocycles. The smallest absolute Gasteiger partial charge is 0.255 e. The molecule has 0 spiro atoms. The van der Waals surface area contributed by atoms with Crippen molar-refractivity contribution in [2.24, 2.45) is 0 Å². The molecule has 30 heavy (non-hydrogen) atoms. The van der Waals surface area contributed by atoms with Gasteiger partial charge in [-0.2, -0.15) is 0 Å². The molecular formula is C25H29N3O2. The number of nitrogens with zero attached hydrogens (tertiary/aromatic N) is 1. The predicted octanol–water partition coefficient (Wildman–Crippen LogP) is 5.21. The molecular weight excluding hydrogens is 374 g/mol. The molecule has 3 aromatic rings. The number of piperidine rings is 1. The largest absolute Gasteiger partial charge is 0.361 e. The Morgan fingerprint density at radius 3 is 2.63 bits per heavy atom. The second-order valence-electron chi connectivity index (χ2n) is 8.29. The highest BCUT2D eigenvalue weighted by molar-refractivity contribution is 6.07. The lowest BCUT2D eigenvalue weighted by Crippen LogP contribution is -2.29. The van der Waals surface area contributed by atoms with Crippen molar-refractivity contribution in [1.82, 2.24) is 9.88 Å². The minimum atomic E-state index is -0.197. The summed E-state index contributed by atoms with van der Waals surface area (Å²) in [5, 5.41) is 4.18. The second-order valence-corrected chi connectivity index (χ2v) is 8.29. The summed E-state index contributed by atoms with van der Waals surface area (Å²) in [6.07, 6.45) is 5.72. The number of nitrogens with one attached hydrogen (secondary N) is 2. The van der Waals surface area contributed by atoms with E-state index < -0.39 is 0 Å². The number of hydrogen-bond acceptors (Lipinski definition) is 3. The first-order valence-electron chi connectivity index (χ1n) is 10.8. The van der Waals surface area contributed by atoms with E-state index in [4.69, 9.17) is 0 Å². The molecule has 0 radical (unpaired) electrons. The molecule has 1 aliphatic heterocycles. The van der Waals surface area contributed by atoms with Gasteiger partial charge in [-0.3, -0.25) is 9.59 Å². The van der Waals surface area contributed by atoms with Crippen molar-refractivity contribution in [1.29, 1.82) is 0 Å². The van der Waals surface area contributed by atoms with Gasteiger partial charge in [0.25, 0.3) is 5.91 Å². The number of Topliss-reactive ketones (excluding diaryl/α,β-unsaturated/α-hetero) is 1. The van der Waals surface area contributed by atoms with Crippen LogP contribution in [-0.2, 0) is 0 Å². The van der Waals surface area contributed by atoms with Crippen LogP contribution in [0.15, 0.2) is 48.7 Å². The van der Waals surface area contributed by atoms with Gasteiger partial charge in [-0.25, -0.2) is 0 Å². The number of amides is 1. The van der Waals surface area contributed by atoms with Gasteiger partial charge in [-0.15, -0.1) is 0 Å². The maximum Gasteiger partial charge on any atom is 0.255 e. The Labute approximate surface area is 177 Å². The molecule has 5 nitrogen and oxygen atoms in total. The Balaban J connectivity index is 1.54.